The number of nitrogens with one attached hydrogen (secondary N) is 2. The highest BCUT2D eigenvalue weighted by Gasteiger charge is 2.48. The van der Waals surface area contributed by atoms with Gasteiger partial charge in [0.05, 0.1) is 11.0 Å². The number of urea groups is 1. The maximum absolute atomic E-state index is 12.8. The van der Waals surface area contributed by atoms with E-state index in [9.17, 15) is 19.2 Å². The number of nitrogens with zero attached hydrogens (tertiary/aromatic N) is 3. The molecule has 3 heterocycles. The second-order valence-electron chi connectivity index (χ2n) is 7.38. The number of hydrogen-bond donors (Lipinski definition) is 2. The van der Waals surface area contributed by atoms with Crippen LogP contribution in [0.3, 0.4) is 0 Å². The summed E-state index contributed by atoms with van der Waals surface area (Å²) in [5.74, 6) is -0.496. The van der Waals surface area contributed by atoms with Gasteiger partial charge in [0.15, 0.2) is 0 Å². The molecule has 2 N–H and O–H groups in total. The number of hydrogen-bond acceptors (Lipinski definition) is 4. The molecule has 1 spiro atoms. The Morgan fingerprint density at radius 3 is 2.29 bits per heavy atom. The molecule has 4 rings (SSSR count). The highest BCUT2D eigenvalue weighted by Crippen LogP contribution is 2.25. The summed E-state index contributed by atoms with van der Waals surface area (Å²) in [4.78, 5) is 50.8. The van der Waals surface area contributed by atoms with E-state index in [1.165, 1.54) is 4.57 Å². The fraction of sp³-hybridized carbons (Fsp3) is 0.474. The van der Waals surface area contributed by atoms with Crippen molar-refractivity contribution >= 4 is 28.9 Å². The molecule has 2 aromatic rings. The molecule has 0 atom stereocenters. The van der Waals surface area contributed by atoms with E-state index in [1.54, 1.807) is 9.47 Å². The number of carbonyl (C=O) groups excluding carboxylic acids is 3. The highest BCUT2D eigenvalue weighted by molar-refractivity contribution is 6.07. The van der Waals surface area contributed by atoms with Crippen LogP contribution in [0.25, 0.3) is 11.0 Å². The van der Waals surface area contributed by atoms with E-state index >= 15 is 0 Å². The van der Waals surface area contributed by atoms with Crippen LogP contribution in [0.5, 0.6) is 0 Å². The van der Waals surface area contributed by atoms with Gasteiger partial charge in [-0.2, -0.15) is 0 Å². The van der Waals surface area contributed by atoms with Crippen molar-refractivity contribution in [1.29, 1.82) is 0 Å². The van der Waals surface area contributed by atoms with Crippen molar-refractivity contribution in [3.8, 4) is 0 Å². The van der Waals surface area contributed by atoms with Crippen LogP contribution in [-0.4, -0.2) is 50.5 Å². The number of fused-ring (bicyclic) bond motifs is 1. The van der Waals surface area contributed by atoms with E-state index in [-0.39, 0.29) is 24.0 Å². The molecule has 0 aliphatic carbocycles. The molecule has 0 radical (unpaired) electrons. The Hall–Kier alpha value is -3.10. The number of amides is 4. The van der Waals surface area contributed by atoms with Crippen molar-refractivity contribution in [2.75, 3.05) is 13.1 Å². The molecular formula is C19H23N5O4. The summed E-state index contributed by atoms with van der Waals surface area (Å²) in [6.07, 6.45) is 1.55. The zero-order chi connectivity index (χ0) is 19.9. The van der Waals surface area contributed by atoms with Gasteiger partial charge < -0.3 is 10.2 Å². The lowest BCUT2D eigenvalue weighted by atomic mass is 9.88. The van der Waals surface area contributed by atoms with Crippen LogP contribution >= 0.6 is 0 Å². The molecule has 4 amide bonds. The summed E-state index contributed by atoms with van der Waals surface area (Å²) in [7, 11) is 0. The number of aromatic nitrogens is 2. The largest absolute Gasteiger partial charge is 0.341 e. The van der Waals surface area contributed by atoms with E-state index in [1.807, 2.05) is 31.2 Å². The predicted octanol–water partition coefficient (Wildman–Crippen LogP) is 0.414. The number of imide groups is 1. The first-order chi connectivity index (χ1) is 13.4. The molecule has 2 fully saturated rings. The van der Waals surface area contributed by atoms with E-state index < -0.39 is 11.6 Å². The smallest absolute Gasteiger partial charge is 0.329 e. The van der Waals surface area contributed by atoms with Gasteiger partial charge in [-0.1, -0.05) is 19.1 Å². The number of benzene rings is 1. The standard InChI is InChI=1S/C19H23N5O4/c1-2-9-23-13-5-3-4-6-14(13)24(18(23)28)12-15(25)22-10-7-19(8-11-22)16(26)20-17(27)21-19/h3-6H,2,7-12H2,1H3,(H2,20,21,26,27). The van der Waals surface area contributed by atoms with Crippen molar-refractivity contribution in [3.05, 3.63) is 34.7 Å². The van der Waals surface area contributed by atoms with Crippen molar-refractivity contribution in [3.63, 3.8) is 0 Å². The molecule has 2 aliphatic rings. The predicted molar refractivity (Wildman–Crippen MR) is 102 cm³/mol. The Balaban J connectivity index is 1.52. The fourth-order valence-corrected chi connectivity index (χ4v) is 4.12. The van der Waals surface area contributed by atoms with Gasteiger partial charge in [-0.3, -0.25) is 24.0 Å². The highest BCUT2D eigenvalue weighted by atomic mass is 16.2. The van der Waals surface area contributed by atoms with Gasteiger partial charge in [0.2, 0.25) is 5.91 Å². The minimum absolute atomic E-state index is 0.0401. The molecule has 0 bridgehead atoms. The average molecular weight is 385 g/mol. The Kier molecular flexibility index (Phi) is 4.44. The van der Waals surface area contributed by atoms with Crippen molar-refractivity contribution in [2.45, 2.75) is 44.8 Å². The van der Waals surface area contributed by atoms with Gasteiger partial charge in [0.25, 0.3) is 5.91 Å². The SMILES string of the molecule is CCCn1c(=O)n(CC(=O)N2CCC3(CC2)NC(=O)NC3=O)c2ccccc21. The van der Waals surface area contributed by atoms with Gasteiger partial charge in [-0.25, -0.2) is 9.59 Å². The maximum Gasteiger partial charge on any atom is 0.329 e. The number of imidazole rings is 1. The first-order valence-corrected chi connectivity index (χ1v) is 9.54. The van der Waals surface area contributed by atoms with Crippen LogP contribution in [-0.2, 0) is 22.7 Å². The number of piperidine rings is 1. The molecular weight excluding hydrogens is 362 g/mol. The second-order valence-corrected chi connectivity index (χ2v) is 7.38. The van der Waals surface area contributed by atoms with Crippen molar-refractivity contribution in [1.82, 2.24) is 24.7 Å². The first-order valence-electron chi connectivity index (χ1n) is 9.54. The topological polar surface area (TPSA) is 105 Å². The summed E-state index contributed by atoms with van der Waals surface area (Å²) in [6, 6.07) is 6.98. The van der Waals surface area contributed by atoms with Crippen molar-refractivity contribution < 1.29 is 14.4 Å². The molecule has 9 nitrogen and oxygen atoms in total. The summed E-state index contributed by atoms with van der Waals surface area (Å²) >= 11 is 0. The number of carbonyl (C=O) groups is 3. The molecule has 1 aromatic heterocycles. The third kappa shape index (κ3) is 2.87. The molecule has 0 unspecified atom stereocenters. The lowest BCUT2D eigenvalue weighted by Gasteiger charge is -2.37. The van der Waals surface area contributed by atoms with Gasteiger partial charge >= 0.3 is 11.7 Å². The molecule has 0 saturated carbocycles. The average Bonchev–Trinajstić information content (AvgIpc) is 3.10. The minimum atomic E-state index is -0.915. The Bertz CT molecular complexity index is 1010. The van der Waals surface area contributed by atoms with Crippen LogP contribution in [0.1, 0.15) is 26.2 Å². The van der Waals surface area contributed by atoms with Gasteiger partial charge in [0, 0.05) is 19.6 Å². The second kappa shape index (κ2) is 6.81. The van der Waals surface area contributed by atoms with Crippen LogP contribution in [0.2, 0.25) is 0 Å². The number of rotatable bonds is 4. The van der Waals surface area contributed by atoms with Crippen LogP contribution < -0.4 is 16.3 Å². The van der Waals surface area contributed by atoms with Crippen LogP contribution in [0.4, 0.5) is 4.79 Å². The van der Waals surface area contributed by atoms with E-state index in [0.717, 1.165) is 17.5 Å². The molecule has 28 heavy (non-hydrogen) atoms. The third-order valence-corrected chi connectivity index (χ3v) is 5.65. The van der Waals surface area contributed by atoms with E-state index in [4.69, 9.17) is 0 Å². The molecule has 1 aromatic carbocycles. The van der Waals surface area contributed by atoms with E-state index in [2.05, 4.69) is 10.6 Å². The zero-order valence-corrected chi connectivity index (χ0v) is 15.7. The minimum Gasteiger partial charge on any atom is -0.341 e. The molecule has 148 valence electrons. The summed E-state index contributed by atoms with van der Waals surface area (Å²) in [5.41, 5.74) is 0.463. The molecule has 9 heteroatoms. The number of likely N-dealkylation sites (tertiary alicyclic amines) is 1. The lowest BCUT2D eigenvalue weighted by Crippen LogP contribution is -2.56. The third-order valence-electron chi connectivity index (χ3n) is 5.65. The summed E-state index contributed by atoms with van der Waals surface area (Å²) in [5, 5.41) is 4.95. The molecule has 2 aliphatic heterocycles. The van der Waals surface area contributed by atoms with Crippen LogP contribution in [0, 0.1) is 0 Å². The van der Waals surface area contributed by atoms with Gasteiger partial charge in [-0.05, 0) is 31.4 Å². The van der Waals surface area contributed by atoms with Crippen molar-refractivity contribution in [2.24, 2.45) is 0 Å². The summed E-state index contributed by atoms with van der Waals surface area (Å²) in [6.45, 7) is 3.28. The molecule has 2 saturated heterocycles. The maximum atomic E-state index is 12.8. The van der Waals surface area contributed by atoms with E-state index in [0.29, 0.717) is 32.5 Å². The Labute approximate surface area is 161 Å². The monoisotopic (exact) mass is 385 g/mol. The zero-order valence-electron chi connectivity index (χ0n) is 15.7. The Morgan fingerprint density at radius 1 is 1.07 bits per heavy atom. The number of para-hydroxylation sites is 2. The van der Waals surface area contributed by atoms with Gasteiger partial charge in [-0.15, -0.1) is 0 Å². The lowest BCUT2D eigenvalue weighted by molar-refractivity contribution is -0.136. The fourth-order valence-electron chi connectivity index (χ4n) is 4.12. The van der Waals surface area contributed by atoms with Crippen LogP contribution in [0.15, 0.2) is 29.1 Å². The Morgan fingerprint density at radius 2 is 1.71 bits per heavy atom. The normalized spacial score (nSPS) is 18.5. The summed E-state index contributed by atoms with van der Waals surface area (Å²) < 4.78 is 3.22. The quantitative estimate of drug-likeness (QED) is 0.744. The number of aryl methyl sites for hydroxylation is 1. The first kappa shape index (κ1) is 18.3. The van der Waals surface area contributed by atoms with Gasteiger partial charge in [0.1, 0.15) is 12.1 Å².